The van der Waals surface area contributed by atoms with Crippen LogP contribution < -0.4 is 10.6 Å². The average molecular weight is 343 g/mol. The zero-order chi connectivity index (χ0) is 17.5. The zero-order valence-electron chi connectivity index (χ0n) is 13.6. The van der Waals surface area contributed by atoms with E-state index in [9.17, 15) is 14.7 Å². The molecule has 1 rings (SSSR count). The standard InChI is InChI=1S/C16H23ClN2O4/c1-16(2,3)23-15(22)19-9-8-18-14(21)13(20)10-11-4-6-12(17)7-5-11/h4-7,13,20H,8-10H2,1-3H3,(H,18,21)(H,19,22). The van der Waals surface area contributed by atoms with Gasteiger partial charge >= 0.3 is 6.09 Å². The van der Waals surface area contributed by atoms with Crippen LogP contribution in [0.5, 0.6) is 0 Å². The molecule has 6 nitrogen and oxygen atoms in total. The summed E-state index contributed by atoms with van der Waals surface area (Å²) in [6.07, 6.45) is -1.51. The van der Waals surface area contributed by atoms with Crippen LogP contribution in [0.25, 0.3) is 0 Å². The van der Waals surface area contributed by atoms with E-state index in [0.29, 0.717) is 5.02 Å². The lowest BCUT2D eigenvalue weighted by Gasteiger charge is -2.19. The number of aliphatic hydroxyl groups excluding tert-OH is 1. The molecule has 0 spiro atoms. The fraction of sp³-hybridized carbons (Fsp3) is 0.500. The molecule has 1 atom stereocenters. The molecular weight excluding hydrogens is 320 g/mol. The number of hydrogen-bond acceptors (Lipinski definition) is 4. The van der Waals surface area contributed by atoms with E-state index in [1.54, 1.807) is 45.0 Å². The average Bonchev–Trinajstić information content (AvgIpc) is 2.44. The number of hydrogen-bond donors (Lipinski definition) is 3. The molecule has 0 radical (unpaired) electrons. The number of benzene rings is 1. The third-order valence-electron chi connectivity index (χ3n) is 2.74. The number of amides is 2. The van der Waals surface area contributed by atoms with E-state index in [1.165, 1.54) is 0 Å². The molecule has 0 heterocycles. The van der Waals surface area contributed by atoms with Crippen molar-refractivity contribution in [2.45, 2.75) is 38.9 Å². The number of rotatable bonds is 6. The summed E-state index contributed by atoms with van der Waals surface area (Å²) >= 11 is 5.77. The second-order valence-corrected chi connectivity index (χ2v) is 6.50. The lowest BCUT2D eigenvalue weighted by atomic mass is 10.1. The van der Waals surface area contributed by atoms with Crippen molar-refractivity contribution in [3.8, 4) is 0 Å². The Morgan fingerprint density at radius 2 is 1.74 bits per heavy atom. The van der Waals surface area contributed by atoms with Gasteiger partial charge in [0, 0.05) is 24.5 Å². The van der Waals surface area contributed by atoms with Gasteiger partial charge in [0.2, 0.25) is 5.91 Å². The van der Waals surface area contributed by atoms with Crippen LogP contribution in [0.2, 0.25) is 5.02 Å². The number of carbonyl (C=O) groups is 2. The molecular formula is C16H23ClN2O4. The minimum atomic E-state index is -1.15. The molecule has 0 aliphatic rings. The van der Waals surface area contributed by atoms with Gasteiger partial charge in [-0.2, -0.15) is 0 Å². The topological polar surface area (TPSA) is 87.7 Å². The maximum Gasteiger partial charge on any atom is 0.407 e. The fourth-order valence-electron chi connectivity index (χ4n) is 1.72. The van der Waals surface area contributed by atoms with E-state index >= 15 is 0 Å². The molecule has 0 aromatic heterocycles. The normalized spacial score (nSPS) is 12.4. The molecule has 1 aromatic carbocycles. The molecule has 1 unspecified atom stereocenters. The van der Waals surface area contributed by atoms with Gasteiger partial charge in [-0.3, -0.25) is 4.79 Å². The summed E-state index contributed by atoms with van der Waals surface area (Å²) in [7, 11) is 0. The first kappa shape index (κ1) is 19.3. The van der Waals surface area contributed by atoms with Crippen molar-refractivity contribution in [1.29, 1.82) is 0 Å². The SMILES string of the molecule is CC(C)(C)OC(=O)NCCNC(=O)C(O)Cc1ccc(Cl)cc1. The summed E-state index contributed by atoms with van der Waals surface area (Å²) in [5, 5.41) is 15.5. The van der Waals surface area contributed by atoms with E-state index in [1.807, 2.05) is 0 Å². The Bertz CT molecular complexity index is 526. The second kappa shape index (κ2) is 8.74. The largest absolute Gasteiger partial charge is 0.444 e. The minimum absolute atomic E-state index is 0.197. The first-order chi connectivity index (χ1) is 10.7. The van der Waals surface area contributed by atoms with Crippen LogP contribution in [0.4, 0.5) is 4.79 Å². The number of ether oxygens (including phenoxy) is 1. The van der Waals surface area contributed by atoms with Gasteiger partial charge < -0.3 is 20.5 Å². The molecule has 0 saturated carbocycles. The van der Waals surface area contributed by atoms with Gasteiger partial charge in [0.05, 0.1) is 0 Å². The van der Waals surface area contributed by atoms with Gasteiger partial charge in [-0.15, -0.1) is 0 Å². The van der Waals surface area contributed by atoms with Crippen LogP contribution in [0.3, 0.4) is 0 Å². The number of nitrogens with one attached hydrogen (secondary N) is 2. The predicted octanol–water partition coefficient (Wildman–Crippen LogP) is 1.88. The summed E-state index contributed by atoms with van der Waals surface area (Å²) in [6, 6.07) is 6.91. The maximum atomic E-state index is 11.8. The Morgan fingerprint density at radius 3 is 2.30 bits per heavy atom. The molecule has 0 bridgehead atoms. The monoisotopic (exact) mass is 342 g/mol. The lowest BCUT2D eigenvalue weighted by molar-refractivity contribution is -0.129. The Labute approximate surface area is 141 Å². The van der Waals surface area contributed by atoms with Gasteiger partial charge in [0.15, 0.2) is 0 Å². The first-order valence-corrected chi connectivity index (χ1v) is 7.72. The lowest BCUT2D eigenvalue weighted by Crippen LogP contribution is -2.41. The van der Waals surface area contributed by atoms with Crippen molar-refractivity contribution in [3.63, 3.8) is 0 Å². The van der Waals surface area contributed by atoms with Crippen LogP contribution in [-0.2, 0) is 16.0 Å². The van der Waals surface area contributed by atoms with Gasteiger partial charge in [-0.25, -0.2) is 4.79 Å². The highest BCUT2D eigenvalue weighted by molar-refractivity contribution is 6.30. The van der Waals surface area contributed by atoms with Crippen LogP contribution in [0.15, 0.2) is 24.3 Å². The Balaban J connectivity index is 2.25. The van der Waals surface area contributed by atoms with Gasteiger partial charge in [-0.1, -0.05) is 23.7 Å². The molecule has 0 aliphatic carbocycles. The zero-order valence-corrected chi connectivity index (χ0v) is 14.3. The molecule has 0 saturated heterocycles. The Morgan fingerprint density at radius 1 is 1.17 bits per heavy atom. The van der Waals surface area contributed by atoms with Gasteiger partial charge in [-0.05, 0) is 38.5 Å². The molecule has 2 amide bonds. The van der Waals surface area contributed by atoms with Crippen molar-refractivity contribution in [2.75, 3.05) is 13.1 Å². The van der Waals surface area contributed by atoms with E-state index in [0.717, 1.165) is 5.56 Å². The van der Waals surface area contributed by atoms with Gasteiger partial charge in [0.1, 0.15) is 11.7 Å². The van der Waals surface area contributed by atoms with Gasteiger partial charge in [0.25, 0.3) is 0 Å². The highest BCUT2D eigenvalue weighted by atomic mass is 35.5. The summed E-state index contributed by atoms with van der Waals surface area (Å²) < 4.78 is 5.06. The summed E-state index contributed by atoms with van der Waals surface area (Å²) in [4.78, 5) is 23.2. The molecule has 3 N–H and O–H groups in total. The smallest absolute Gasteiger partial charge is 0.407 e. The highest BCUT2D eigenvalue weighted by Gasteiger charge is 2.17. The second-order valence-electron chi connectivity index (χ2n) is 6.07. The number of alkyl carbamates (subject to hydrolysis) is 1. The Hall–Kier alpha value is -1.79. The molecule has 0 aliphatic heterocycles. The predicted molar refractivity (Wildman–Crippen MR) is 88.4 cm³/mol. The van der Waals surface area contributed by atoms with E-state index < -0.39 is 23.7 Å². The molecule has 1 aromatic rings. The molecule has 0 fully saturated rings. The van der Waals surface area contributed by atoms with Crippen molar-refractivity contribution >= 4 is 23.6 Å². The third-order valence-corrected chi connectivity index (χ3v) is 2.99. The minimum Gasteiger partial charge on any atom is -0.444 e. The number of aliphatic hydroxyl groups is 1. The fourth-order valence-corrected chi connectivity index (χ4v) is 1.84. The van der Waals surface area contributed by atoms with Crippen molar-refractivity contribution in [2.24, 2.45) is 0 Å². The van der Waals surface area contributed by atoms with Crippen molar-refractivity contribution in [1.82, 2.24) is 10.6 Å². The third kappa shape index (κ3) is 8.42. The molecule has 23 heavy (non-hydrogen) atoms. The van der Waals surface area contributed by atoms with E-state index in [-0.39, 0.29) is 19.5 Å². The molecule has 7 heteroatoms. The van der Waals surface area contributed by atoms with Crippen LogP contribution in [0.1, 0.15) is 26.3 Å². The number of carbonyl (C=O) groups excluding carboxylic acids is 2. The van der Waals surface area contributed by atoms with Crippen LogP contribution >= 0.6 is 11.6 Å². The summed E-state index contributed by atoms with van der Waals surface area (Å²) in [6.45, 7) is 5.72. The van der Waals surface area contributed by atoms with Crippen LogP contribution in [-0.4, -0.2) is 41.9 Å². The summed E-state index contributed by atoms with van der Waals surface area (Å²) in [5.41, 5.74) is 0.242. The van der Waals surface area contributed by atoms with Crippen molar-refractivity contribution < 1.29 is 19.4 Å². The highest BCUT2D eigenvalue weighted by Crippen LogP contribution is 2.11. The summed E-state index contributed by atoms with van der Waals surface area (Å²) in [5.74, 6) is -0.495. The van der Waals surface area contributed by atoms with E-state index in [2.05, 4.69) is 10.6 Å². The Kier molecular flexibility index (Phi) is 7.32. The molecule has 128 valence electrons. The van der Waals surface area contributed by atoms with Crippen LogP contribution in [0, 0.1) is 0 Å². The van der Waals surface area contributed by atoms with E-state index in [4.69, 9.17) is 16.3 Å². The van der Waals surface area contributed by atoms with Crippen molar-refractivity contribution in [3.05, 3.63) is 34.9 Å². The number of halogens is 1. The maximum absolute atomic E-state index is 11.8. The first-order valence-electron chi connectivity index (χ1n) is 7.34. The quantitative estimate of drug-likeness (QED) is 0.689.